The van der Waals surface area contributed by atoms with Crippen LogP contribution in [0.4, 0.5) is 0 Å². The quantitative estimate of drug-likeness (QED) is 0.389. The van der Waals surface area contributed by atoms with Gasteiger partial charge in [0, 0.05) is 49.4 Å². The number of nitrogens with zero attached hydrogens (tertiary/aromatic N) is 1. The number of ether oxygens (including phenoxy) is 1. The minimum atomic E-state index is -0.279. The number of benzene rings is 1. The van der Waals surface area contributed by atoms with Gasteiger partial charge in [0.15, 0.2) is 0 Å². The lowest BCUT2D eigenvalue weighted by Gasteiger charge is -2.40. The summed E-state index contributed by atoms with van der Waals surface area (Å²) in [6.07, 6.45) is 5.25. The Kier molecular flexibility index (Phi) is 6.02. The maximum atomic E-state index is 7.63. The van der Waals surface area contributed by atoms with Crippen molar-refractivity contribution < 1.29 is 4.74 Å². The molecule has 0 aromatic heterocycles. The third-order valence-electron chi connectivity index (χ3n) is 5.37. The summed E-state index contributed by atoms with van der Waals surface area (Å²) < 4.78 is 6.60. The van der Waals surface area contributed by atoms with E-state index in [2.05, 4.69) is 48.8 Å². The van der Waals surface area contributed by atoms with Crippen LogP contribution in [0.15, 0.2) is 30.0 Å². The molecule has 2 aliphatic rings. The molecule has 0 radical (unpaired) electrons. The second-order valence-corrected chi connectivity index (χ2v) is 8.50. The van der Waals surface area contributed by atoms with Crippen LogP contribution in [0.2, 0.25) is 5.02 Å². The van der Waals surface area contributed by atoms with E-state index in [4.69, 9.17) is 21.7 Å². The van der Waals surface area contributed by atoms with Crippen molar-refractivity contribution in [2.75, 3.05) is 31.9 Å². The minimum absolute atomic E-state index is 0.237. The van der Waals surface area contributed by atoms with Crippen LogP contribution >= 0.6 is 24.2 Å². The largest absolute Gasteiger partial charge is 0.390 e. The van der Waals surface area contributed by atoms with Crippen LogP contribution in [-0.4, -0.2) is 43.0 Å². The Morgan fingerprint density at radius 1 is 1.35 bits per heavy atom. The van der Waals surface area contributed by atoms with Crippen molar-refractivity contribution in [3.63, 3.8) is 0 Å². The molecule has 2 aliphatic heterocycles. The molecule has 1 aromatic carbocycles. The molecule has 1 fully saturated rings. The molecule has 1 saturated heterocycles. The van der Waals surface area contributed by atoms with Crippen molar-refractivity contribution in [1.29, 1.82) is 5.41 Å². The van der Waals surface area contributed by atoms with E-state index in [1.54, 1.807) is 0 Å². The first kappa shape index (κ1) is 19.7. The molecule has 0 amide bonds. The molecule has 0 atom stereocenters. The van der Waals surface area contributed by atoms with Gasteiger partial charge in [0.2, 0.25) is 0 Å². The number of hydrogen-bond donors (Lipinski definition) is 3. The fourth-order valence-electron chi connectivity index (χ4n) is 4.12. The van der Waals surface area contributed by atoms with Crippen LogP contribution in [0.3, 0.4) is 0 Å². The summed E-state index contributed by atoms with van der Waals surface area (Å²) in [6.45, 7) is 7.77. The highest BCUT2D eigenvalue weighted by Crippen LogP contribution is 2.52. The Hall–Kier alpha value is -1.01. The third-order valence-corrected chi connectivity index (χ3v) is 5.83. The smallest absolute Gasteiger partial charge is 0.0971 e. The number of likely N-dealkylation sites (tertiary alicyclic amines) is 1. The second kappa shape index (κ2) is 7.93. The molecule has 1 spiro atoms. The zero-order valence-electron chi connectivity index (χ0n) is 15.5. The minimum Gasteiger partial charge on any atom is -0.390 e. The van der Waals surface area contributed by atoms with E-state index >= 15 is 0 Å². The molecular formula is C20H28ClN3OS. The van der Waals surface area contributed by atoms with Crippen LogP contribution in [0.1, 0.15) is 37.8 Å². The average Bonchev–Trinajstić information content (AvgIpc) is 2.82. The Labute approximate surface area is 166 Å². The molecule has 4 nitrogen and oxygen atoms in total. The normalized spacial score (nSPS) is 21.6. The van der Waals surface area contributed by atoms with Gasteiger partial charge >= 0.3 is 0 Å². The maximum Gasteiger partial charge on any atom is 0.0971 e. The van der Waals surface area contributed by atoms with E-state index in [-0.39, 0.29) is 11.2 Å². The van der Waals surface area contributed by atoms with Crippen molar-refractivity contribution in [3.8, 4) is 0 Å². The van der Waals surface area contributed by atoms with E-state index in [1.807, 2.05) is 12.3 Å². The highest BCUT2D eigenvalue weighted by Gasteiger charge is 2.50. The van der Waals surface area contributed by atoms with Gasteiger partial charge in [-0.3, -0.25) is 4.90 Å². The number of rotatable bonds is 6. The Morgan fingerprint density at radius 2 is 2.08 bits per heavy atom. The Balaban J connectivity index is 1.70. The fraction of sp³-hybridized carbons (Fsp3) is 0.550. The van der Waals surface area contributed by atoms with Gasteiger partial charge in [-0.2, -0.15) is 12.6 Å². The molecule has 6 heteroatoms. The number of hydrogen-bond acceptors (Lipinski definition) is 5. The van der Waals surface area contributed by atoms with Gasteiger partial charge in [0.05, 0.1) is 11.2 Å². The van der Waals surface area contributed by atoms with Crippen LogP contribution in [0.5, 0.6) is 0 Å². The van der Waals surface area contributed by atoms with Gasteiger partial charge in [0.25, 0.3) is 0 Å². The SMILES string of the molecule is CC1(C)OC2(CCN(C/C(C=N)=C/NCCS)CC2)c2cc(Cl)ccc21. The van der Waals surface area contributed by atoms with Crippen LogP contribution in [0, 0.1) is 5.41 Å². The topological polar surface area (TPSA) is 48.4 Å². The Bertz CT molecular complexity index is 696. The maximum absolute atomic E-state index is 7.63. The van der Waals surface area contributed by atoms with E-state index < -0.39 is 0 Å². The second-order valence-electron chi connectivity index (χ2n) is 7.61. The van der Waals surface area contributed by atoms with Gasteiger partial charge in [-0.15, -0.1) is 0 Å². The highest BCUT2D eigenvalue weighted by atomic mass is 35.5. The Morgan fingerprint density at radius 3 is 2.73 bits per heavy atom. The van der Waals surface area contributed by atoms with Crippen molar-refractivity contribution in [2.45, 2.75) is 37.9 Å². The predicted molar refractivity (Wildman–Crippen MR) is 112 cm³/mol. The first-order valence-electron chi connectivity index (χ1n) is 9.17. The molecular weight excluding hydrogens is 366 g/mol. The zero-order chi connectivity index (χ0) is 18.8. The molecule has 26 heavy (non-hydrogen) atoms. The van der Waals surface area contributed by atoms with Crippen LogP contribution in [-0.2, 0) is 15.9 Å². The first-order chi connectivity index (χ1) is 12.4. The third kappa shape index (κ3) is 3.96. The predicted octanol–water partition coefficient (Wildman–Crippen LogP) is 3.95. The highest BCUT2D eigenvalue weighted by molar-refractivity contribution is 7.80. The van der Waals surface area contributed by atoms with Gasteiger partial charge in [-0.25, -0.2) is 0 Å². The van der Waals surface area contributed by atoms with E-state index in [9.17, 15) is 0 Å². The van der Waals surface area contributed by atoms with Gasteiger partial charge in [0.1, 0.15) is 0 Å². The van der Waals surface area contributed by atoms with Crippen molar-refractivity contribution in [3.05, 3.63) is 46.1 Å². The summed E-state index contributed by atoms with van der Waals surface area (Å²) in [5, 5.41) is 11.6. The molecule has 1 aromatic rings. The lowest BCUT2D eigenvalue weighted by molar-refractivity contribution is -0.149. The number of nitrogens with one attached hydrogen (secondary N) is 2. The zero-order valence-corrected chi connectivity index (χ0v) is 17.2. The molecule has 0 aliphatic carbocycles. The summed E-state index contributed by atoms with van der Waals surface area (Å²) in [5.74, 6) is 0.781. The van der Waals surface area contributed by atoms with Gasteiger partial charge < -0.3 is 15.5 Å². The van der Waals surface area contributed by atoms with Crippen LogP contribution < -0.4 is 5.32 Å². The van der Waals surface area contributed by atoms with Crippen molar-refractivity contribution in [2.24, 2.45) is 0 Å². The molecule has 2 N–H and O–H groups in total. The number of halogens is 1. The summed E-state index contributed by atoms with van der Waals surface area (Å²) >= 11 is 10.5. The number of fused-ring (bicyclic) bond motifs is 2. The molecule has 0 unspecified atom stereocenters. The van der Waals surface area contributed by atoms with Crippen LogP contribution in [0.25, 0.3) is 0 Å². The standard InChI is InChI=1S/C20H28ClN3OS/c1-19(2)17-4-3-16(21)11-18(17)20(25-19)5-8-24(9-6-20)14-15(12-22)13-23-7-10-26/h3-4,11-13,22-23,26H,5-10,14H2,1-2H3/b15-13+,22-12?. The average molecular weight is 394 g/mol. The summed E-state index contributed by atoms with van der Waals surface area (Å²) in [4.78, 5) is 2.39. The van der Waals surface area contributed by atoms with Gasteiger partial charge in [-0.1, -0.05) is 17.7 Å². The number of thiol groups is 1. The molecule has 0 bridgehead atoms. The van der Waals surface area contributed by atoms with E-state index in [1.165, 1.54) is 17.3 Å². The molecule has 0 saturated carbocycles. The summed E-state index contributed by atoms with van der Waals surface area (Å²) in [6, 6.07) is 6.16. The lowest BCUT2D eigenvalue weighted by atomic mass is 9.82. The first-order valence-corrected chi connectivity index (χ1v) is 10.2. The van der Waals surface area contributed by atoms with Crippen molar-refractivity contribution >= 4 is 30.4 Å². The lowest BCUT2D eigenvalue weighted by Crippen LogP contribution is -2.44. The van der Waals surface area contributed by atoms with E-state index in [0.717, 1.165) is 55.4 Å². The van der Waals surface area contributed by atoms with Crippen molar-refractivity contribution in [1.82, 2.24) is 10.2 Å². The summed E-state index contributed by atoms with van der Waals surface area (Å²) in [7, 11) is 0. The molecule has 142 valence electrons. The monoisotopic (exact) mass is 393 g/mol. The summed E-state index contributed by atoms with van der Waals surface area (Å²) in [5.41, 5.74) is 2.98. The fourth-order valence-corrected chi connectivity index (χ4v) is 4.42. The number of piperidine rings is 1. The van der Waals surface area contributed by atoms with E-state index in [0.29, 0.717) is 0 Å². The molecule has 2 heterocycles. The van der Waals surface area contributed by atoms with Gasteiger partial charge in [-0.05, 0) is 55.5 Å². The molecule has 3 rings (SSSR count).